The molecule has 0 spiro atoms. The van der Waals surface area contributed by atoms with Gasteiger partial charge in [0.25, 0.3) is 0 Å². The number of rotatable bonds is 2. The fourth-order valence-electron chi connectivity index (χ4n) is 2.43. The van der Waals surface area contributed by atoms with E-state index in [2.05, 4.69) is 24.3 Å². The fraction of sp³-hybridized carbons (Fsp3) is 0.118. The highest BCUT2D eigenvalue weighted by molar-refractivity contribution is 7.98. The second-order valence-corrected chi connectivity index (χ2v) is 5.67. The maximum atomic E-state index is 10.9. The second kappa shape index (κ2) is 5.55. The molecule has 1 aliphatic heterocycles. The van der Waals surface area contributed by atoms with Crippen LogP contribution in [0, 0.1) is 0 Å². The van der Waals surface area contributed by atoms with Crippen LogP contribution in [-0.2, 0) is 10.5 Å². The molecule has 0 saturated carbocycles. The smallest absolute Gasteiger partial charge is 0.307 e. The van der Waals surface area contributed by atoms with E-state index in [0.29, 0.717) is 0 Å². The Morgan fingerprint density at radius 2 is 1.80 bits per heavy atom. The minimum Gasteiger partial charge on any atom is -0.481 e. The van der Waals surface area contributed by atoms with Gasteiger partial charge >= 0.3 is 5.97 Å². The Hall–Kier alpha value is -2.00. The minimum absolute atomic E-state index is 0.0443. The van der Waals surface area contributed by atoms with Crippen molar-refractivity contribution in [3.05, 3.63) is 71.3 Å². The van der Waals surface area contributed by atoms with Gasteiger partial charge in [-0.1, -0.05) is 48.5 Å². The lowest BCUT2D eigenvalue weighted by atomic mass is 9.93. The summed E-state index contributed by atoms with van der Waals surface area (Å²) < 4.78 is 0. The number of hydrogen-bond acceptors (Lipinski definition) is 2. The Bertz CT molecular complexity index is 639. The van der Waals surface area contributed by atoms with Crippen LogP contribution in [0.1, 0.15) is 23.1 Å². The third-order valence-electron chi connectivity index (χ3n) is 3.35. The van der Waals surface area contributed by atoms with Gasteiger partial charge in [0.2, 0.25) is 0 Å². The first kappa shape index (κ1) is 13.0. The maximum absolute atomic E-state index is 10.9. The largest absolute Gasteiger partial charge is 0.481 e. The van der Waals surface area contributed by atoms with E-state index in [0.717, 1.165) is 22.5 Å². The number of thioether (sulfide) groups is 1. The maximum Gasteiger partial charge on any atom is 0.307 e. The van der Waals surface area contributed by atoms with Crippen molar-refractivity contribution in [1.82, 2.24) is 0 Å². The van der Waals surface area contributed by atoms with Gasteiger partial charge in [0, 0.05) is 10.6 Å². The van der Waals surface area contributed by atoms with Gasteiger partial charge in [-0.3, -0.25) is 4.79 Å². The lowest BCUT2D eigenvalue weighted by molar-refractivity contribution is -0.135. The molecule has 100 valence electrons. The molecule has 0 aromatic heterocycles. The van der Waals surface area contributed by atoms with Gasteiger partial charge in [-0.15, -0.1) is 11.8 Å². The van der Waals surface area contributed by atoms with E-state index < -0.39 is 5.97 Å². The van der Waals surface area contributed by atoms with Crippen molar-refractivity contribution in [3.8, 4) is 0 Å². The Morgan fingerprint density at radius 3 is 2.60 bits per heavy atom. The Morgan fingerprint density at radius 1 is 1.10 bits per heavy atom. The van der Waals surface area contributed by atoms with Crippen LogP contribution in [0.4, 0.5) is 0 Å². The van der Waals surface area contributed by atoms with Crippen molar-refractivity contribution in [2.24, 2.45) is 0 Å². The molecule has 3 rings (SSSR count). The highest BCUT2D eigenvalue weighted by Gasteiger charge is 2.17. The van der Waals surface area contributed by atoms with E-state index in [-0.39, 0.29) is 6.42 Å². The predicted molar refractivity (Wildman–Crippen MR) is 81.8 cm³/mol. The quantitative estimate of drug-likeness (QED) is 0.897. The van der Waals surface area contributed by atoms with Crippen molar-refractivity contribution < 1.29 is 9.90 Å². The molecule has 3 heteroatoms. The summed E-state index contributed by atoms with van der Waals surface area (Å²) in [5, 5.41) is 8.96. The van der Waals surface area contributed by atoms with Gasteiger partial charge < -0.3 is 5.11 Å². The zero-order valence-corrected chi connectivity index (χ0v) is 11.7. The number of benzene rings is 2. The molecule has 0 bridgehead atoms. The van der Waals surface area contributed by atoms with E-state index in [1.807, 2.05) is 30.3 Å². The van der Waals surface area contributed by atoms with E-state index in [4.69, 9.17) is 5.11 Å². The molecule has 2 aromatic carbocycles. The van der Waals surface area contributed by atoms with Gasteiger partial charge in [0.15, 0.2) is 0 Å². The van der Waals surface area contributed by atoms with Crippen LogP contribution < -0.4 is 0 Å². The molecular formula is C17H14O2S. The van der Waals surface area contributed by atoms with Crippen LogP contribution in [0.15, 0.2) is 59.5 Å². The summed E-state index contributed by atoms with van der Waals surface area (Å²) in [5.74, 6) is 0.113. The molecule has 1 heterocycles. The first-order chi connectivity index (χ1) is 9.75. The van der Waals surface area contributed by atoms with Gasteiger partial charge in [-0.05, 0) is 28.3 Å². The van der Waals surface area contributed by atoms with Crippen molar-refractivity contribution in [3.63, 3.8) is 0 Å². The SMILES string of the molecule is O=C(O)CC=C1c2ccccc2CSc2ccccc21. The zero-order chi connectivity index (χ0) is 13.9. The molecule has 0 radical (unpaired) electrons. The van der Waals surface area contributed by atoms with E-state index >= 15 is 0 Å². The van der Waals surface area contributed by atoms with E-state index in [1.165, 1.54) is 10.5 Å². The van der Waals surface area contributed by atoms with E-state index in [9.17, 15) is 4.79 Å². The van der Waals surface area contributed by atoms with Crippen molar-refractivity contribution in [2.75, 3.05) is 0 Å². The molecular weight excluding hydrogens is 268 g/mol. The number of carboxylic acids is 1. The lowest BCUT2D eigenvalue weighted by Crippen LogP contribution is -1.95. The van der Waals surface area contributed by atoms with Crippen molar-refractivity contribution in [2.45, 2.75) is 17.1 Å². The Kier molecular flexibility index (Phi) is 3.61. The summed E-state index contributed by atoms with van der Waals surface area (Å²) in [6.45, 7) is 0. The van der Waals surface area contributed by atoms with Crippen LogP contribution >= 0.6 is 11.8 Å². The molecule has 2 nitrogen and oxygen atoms in total. The standard InChI is InChI=1S/C17H14O2S/c18-17(19)10-9-14-13-6-2-1-5-12(13)11-20-16-8-4-3-7-15(14)16/h1-9H,10-11H2,(H,18,19). The summed E-state index contributed by atoms with van der Waals surface area (Å²) in [7, 11) is 0. The van der Waals surface area contributed by atoms with E-state index in [1.54, 1.807) is 11.8 Å². The monoisotopic (exact) mass is 282 g/mol. The number of aliphatic carboxylic acids is 1. The van der Waals surface area contributed by atoms with Crippen LogP contribution in [0.2, 0.25) is 0 Å². The lowest BCUT2D eigenvalue weighted by Gasteiger charge is -2.10. The normalized spacial score (nSPS) is 15.3. The Balaban J connectivity index is 2.19. The molecule has 0 fully saturated rings. The van der Waals surface area contributed by atoms with Crippen LogP contribution in [0.25, 0.3) is 5.57 Å². The number of carboxylic acid groups (broad SMARTS) is 1. The third kappa shape index (κ3) is 2.49. The molecule has 2 aromatic rings. The number of fused-ring (bicyclic) bond motifs is 2. The van der Waals surface area contributed by atoms with Crippen LogP contribution in [-0.4, -0.2) is 11.1 Å². The highest BCUT2D eigenvalue weighted by atomic mass is 32.2. The molecule has 1 aliphatic rings. The molecule has 0 saturated heterocycles. The summed E-state index contributed by atoms with van der Waals surface area (Å²) >= 11 is 1.80. The first-order valence-electron chi connectivity index (χ1n) is 6.48. The summed E-state index contributed by atoms with van der Waals surface area (Å²) in [4.78, 5) is 12.1. The molecule has 0 atom stereocenters. The molecule has 1 N–H and O–H groups in total. The average Bonchev–Trinajstić information content (AvgIpc) is 2.62. The van der Waals surface area contributed by atoms with Crippen molar-refractivity contribution >= 4 is 23.3 Å². The topological polar surface area (TPSA) is 37.3 Å². The van der Waals surface area contributed by atoms with Gasteiger partial charge in [-0.25, -0.2) is 0 Å². The molecule has 0 aliphatic carbocycles. The summed E-state index contributed by atoms with van der Waals surface area (Å²) in [6.07, 6.45) is 1.87. The van der Waals surface area contributed by atoms with Crippen molar-refractivity contribution in [1.29, 1.82) is 0 Å². The molecule has 20 heavy (non-hydrogen) atoms. The highest BCUT2D eigenvalue weighted by Crippen LogP contribution is 2.39. The molecule has 0 amide bonds. The predicted octanol–water partition coefficient (Wildman–Crippen LogP) is 4.20. The van der Waals surface area contributed by atoms with Crippen LogP contribution in [0.3, 0.4) is 0 Å². The van der Waals surface area contributed by atoms with Gasteiger partial charge in [0.1, 0.15) is 0 Å². The summed E-state index contributed by atoms with van der Waals surface area (Å²) in [6, 6.07) is 16.4. The first-order valence-corrected chi connectivity index (χ1v) is 7.46. The zero-order valence-electron chi connectivity index (χ0n) is 10.9. The average molecular weight is 282 g/mol. The fourth-order valence-corrected chi connectivity index (χ4v) is 3.50. The molecule has 0 unspecified atom stereocenters. The Labute approximate surface area is 122 Å². The summed E-state index contributed by atoms with van der Waals surface area (Å²) in [5.41, 5.74) is 4.56. The number of carbonyl (C=O) groups is 1. The van der Waals surface area contributed by atoms with Crippen LogP contribution in [0.5, 0.6) is 0 Å². The van der Waals surface area contributed by atoms with Gasteiger partial charge in [-0.2, -0.15) is 0 Å². The minimum atomic E-state index is -0.802. The van der Waals surface area contributed by atoms with Gasteiger partial charge in [0.05, 0.1) is 6.42 Å². The second-order valence-electron chi connectivity index (χ2n) is 4.66. The number of hydrogen-bond donors (Lipinski definition) is 1. The third-order valence-corrected chi connectivity index (χ3v) is 4.47.